The second kappa shape index (κ2) is 9.16. The van der Waals surface area contributed by atoms with Crippen LogP contribution in [-0.4, -0.2) is 18.3 Å². The van der Waals surface area contributed by atoms with Gasteiger partial charge in [0.1, 0.15) is 5.82 Å². The van der Waals surface area contributed by atoms with Gasteiger partial charge in [-0.05, 0) is 50.9 Å². The van der Waals surface area contributed by atoms with E-state index in [-0.39, 0.29) is 5.82 Å². The van der Waals surface area contributed by atoms with Gasteiger partial charge in [0.15, 0.2) is 0 Å². The van der Waals surface area contributed by atoms with Crippen molar-refractivity contribution in [2.45, 2.75) is 44.0 Å². The maximum absolute atomic E-state index is 13.1. The van der Waals surface area contributed by atoms with Gasteiger partial charge in [-0.15, -0.1) is 18.3 Å². The van der Waals surface area contributed by atoms with Gasteiger partial charge in [-0.2, -0.15) is 0 Å². The van der Waals surface area contributed by atoms with Gasteiger partial charge < -0.3 is 5.32 Å². The van der Waals surface area contributed by atoms with Crippen LogP contribution in [0.2, 0.25) is 0 Å². The van der Waals surface area contributed by atoms with E-state index in [1.165, 1.54) is 11.6 Å². The maximum Gasteiger partial charge on any atom is 0.124 e. The fraction of sp³-hybridized carbons (Fsp3) is 0.500. The fourth-order valence-corrected chi connectivity index (χ4v) is 2.82. The summed E-state index contributed by atoms with van der Waals surface area (Å²) in [4.78, 5) is 0.999. The van der Waals surface area contributed by atoms with Crippen molar-refractivity contribution in [3.8, 4) is 0 Å². The Kier molecular flexibility index (Phi) is 7.84. The van der Waals surface area contributed by atoms with Crippen LogP contribution in [0.5, 0.6) is 0 Å². The SMILES string of the molecule is C=C(C)CCC(CSc1cccc(F)c1)NCCC. The molecule has 0 amide bonds. The molecular formula is C16H24FNS. The number of hydrogen-bond donors (Lipinski definition) is 1. The summed E-state index contributed by atoms with van der Waals surface area (Å²) < 4.78 is 13.1. The summed E-state index contributed by atoms with van der Waals surface area (Å²) in [6, 6.07) is 7.27. The number of allylic oxidation sites excluding steroid dienone is 1. The van der Waals surface area contributed by atoms with Crippen LogP contribution in [-0.2, 0) is 0 Å². The molecule has 1 N–H and O–H groups in total. The number of halogens is 1. The molecule has 0 fully saturated rings. The summed E-state index contributed by atoms with van der Waals surface area (Å²) >= 11 is 1.71. The molecule has 0 heterocycles. The Bertz CT molecular complexity index is 392. The maximum atomic E-state index is 13.1. The fourth-order valence-electron chi connectivity index (χ4n) is 1.77. The average Bonchev–Trinajstić information content (AvgIpc) is 2.37. The highest BCUT2D eigenvalue weighted by atomic mass is 32.2. The van der Waals surface area contributed by atoms with Crippen molar-refractivity contribution in [3.05, 3.63) is 42.2 Å². The van der Waals surface area contributed by atoms with Crippen molar-refractivity contribution in [1.29, 1.82) is 0 Å². The van der Waals surface area contributed by atoms with E-state index in [2.05, 4.69) is 25.7 Å². The van der Waals surface area contributed by atoms with E-state index in [1.54, 1.807) is 23.9 Å². The van der Waals surface area contributed by atoms with Crippen LogP contribution in [0.1, 0.15) is 33.1 Å². The average molecular weight is 281 g/mol. The quantitative estimate of drug-likeness (QED) is 0.522. The van der Waals surface area contributed by atoms with Gasteiger partial charge in [0.05, 0.1) is 0 Å². The molecule has 0 aliphatic rings. The van der Waals surface area contributed by atoms with Gasteiger partial charge in [-0.3, -0.25) is 0 Å². The molecule has 0 saturated carbocycles. The number of rotatable bonds is 9. The summed E-state index contributed by atoms with van der Waals surface area (Å²) in [6.45, 7) is 9.22. The van der Waals surface area contributed by atoms with E-state index in [1.807, 2.05) is 6.07 Å². The standard InChI is InChI=1S/C16H24FNS/c1-4-10-18-15(9-8-13(2)3)12-19-16-7-5-6-14(17)11-16/h5-7,11,15,18H,2,4,8-10,12H2,1,3H3. The highest BCUT2D eigenvalue weighted by Gasteiger charge is 2.08. The topological polar surface area (TPSA) is 12.0 Å². The molecule has 106 valence electrons. The minimum absolute atomic E-state index is 0.162. The smallest absolute Gasteiger partial charge is 0.124 e. The van der Waals surface area contributed by atoms with Gasteiger partial charge in [0.25, 0.3) is 0 Å². The van der Waals surface area contributed by atoms with E-state index >= 15 is 0 Å². The number of hydrogen-bond acceptors (Lipinski definition) is 2. The third-order valence-corrected chi connectivity index (χ3v) is 4.01. The van der Waals surface area contributed by atoms with E-state index in [0.29, 0.717) is 6.04 Å². The Morgan fingerprint density at radius 3 is 2.89 bits per heavy atom. The molecule has 0 radical (unpaired) electrons. The first-order valence-electron chi connectivity index (χ1n) is 6.88. The minimum Gasteiger partial charge on any atom is -0.313 e. The minimum atomic E-state index is -0.162. The van der Waals surface area contributed by atoms with Crippen molar-refractivity contribution in [1.82, 2.24) is 5.32 Å². The molecule has 1 atom stereocenters. The molecule has 0 aromatic heterocycles. The van der Waals surface area contributed by atoms with Gasteiger partial charge in [0.2, 0.25) is 0 Å². The molecule has 1 unspecified atom stereocenters. The van der Waals surface area contributed by atoms with Crippen LogP contribution >= 0.6 is 11.8 Å². The van der Waals surface area contributed by atoms with E-state index < -0.39 is 0 Å². The molecular weight excluding hydrogens is 257 g/mol. The molecule has 0 spiro atoms. The summed E-state index contributed by atoms with van der Waals surface area (Å²) in [5.74, 6) is 0.807. The zero-order valence-corrected chi connectivity index (χ0v) is 12.7. The molecule has 0 saturated heterocycles. The molecule has 19 heavy (non-hydrogen) atoms. The van der Waals surface area contributed by atoms with E-state index in [4.69, 9.17) is 0 Å². The molecule has 1 rings (SSSR count). The molecule has 0 aliphatic carbocycles. The second-order valence-electron chi connectivity index (χ2n) is 4.92. The normalized spacial score (nSPS) is 12.4. The van der Waals surface area contributed by atoms with Gasteiger partial charge >= 0.3 is 0 Å². The van der Waals surface area contributed by atoms with Crippen LogP contribution < -0.4 is 5.32 Å². The van der Waals surface area contributed by atoms with Crippen LogP contribution in [0.15, 0.2) is 41.3 Å². The number of thioether (sulfide) groups is 1. The lowest BCUT2D eigenvalue weighted by Crippen LogP contribution is -2.32. The molecule has 1 aromatic rings. The Labute approximate surface area is 120 Å². The molecule has 3 heteroatoms. The first kappa shape index (κ1) is 16.3. The molecule has 0 bridgehead atoms. The van der Waals surface area contributed by atoms with Crippen LogP contribution in [0, 0.1) is 5.82 Å². The Morgan fingerprint density at radius 2 is 2.26 bits per heavy atom. The molecule has 1 nitrogen and oxygen atoms in total. The van der Waals surface area contributed by atoms with E-state index in [9.17, 15) is 4.39 Å². The third-order valence-electron chi connectivity index (χ3n) is 2.85. The lowest BCUT2D eigenvalue weighted by atomic mass is 10.1. The Morgan fingerprint density at radius 1 is 1.47 bits per heavy atom. The van der Waals surface area contributed by atoms with Gasteiger partial charge in [-0.25, -0.2) is 4.39 Å². The van der Waals surface area contributed by atoms with Crippen molar-refractivity contribution < 1.29 is 4.39 Å². The lowest BCUT2D eigenvalue weighted by Gasteiger charge is -2.18. The first-order chi connectivity index (χ1) is 9.11. The highest BCUT2D eigenvalue weighted by Crippen LogP contribution is 2.21. The van der Waals surface area contributed by atoms with Gasteiger partial charge in [0, 0.05) is 16.7 Å². The zero-order chi connectivity index (χ0) is 14.1. The number of benzene rings is 1. The Balaban J connectivity index is 2.44. The highest BCUT2D eigenvalue weighted by molar-refractivity contribution is 7.99. The summed E-state index contributed by atoms with van der Waals surface area (Å²) in [6.07, 6.45) is 3.27. The molecule has 1 aromatic carbocycles. The van der Waals surface area contributed by atoms with Crippen LogP contribution in [0.25, 0.3) is 0 Å². The first-order valence-corrected chi connectivity index (χ1v) is 7.86. The monoisotopic (exact) mass is 281 g/mol. The van der Waals surface area contributed by atoms with Crippen molar-refractivity contribution in [2.75, 3.05) is 12.3 Å². The van der Waals surface area contributed by atoms with Crippen molar-refractivity contribution in [2.24, 2.45) is 0 Å². The third kappa shape index (κ3) is 7.38. The van der Waals surface area contributed by atoms with E-state index in [0.717, 1.165) is 36.5 Å². The second-order valence-corrected chi connectivity index (χ2v) is 6.01. The summed E-state index contributed by atoms with van der Waals surface area (Å²) in [5.41, 5.74) is 1.22. The number of nitrogens with one attached hydrogen (secondary N) is 1. The zero-order valence-electron chi connectivity index (χ0n) is 11.9. The summed E-state index contributed by atoms with van der Waals surface area (Å²) in [7, 11) is 0. The van der Waals surface area contributed by atoms with Crippen LogP contribution in [0.3, 0.4) is 0 Å². The van der Waals surface area contributed by atoms with Crippen LogP contribution in [0.4, 0.5) is 4.39 Å². The predicted octanol–water partition coefficient (Wildman–Crippen LogP) is 4.64. The Hall–Kier alpha value is -0.800. The largest absolute Gasteiger partial charge is 0.313 e. The van der Waals surface area contributed by atoms with Crippen molar-refractivity contribution in [3.63, 3.8) is 0 Å². The van der Waals surface area contributed by atoms with Crippen molar-refractivity contribution >= 4 is 11.8 Å². The molecule has 0 aliphatic heterocycles. The lowest BCUT2D eigenvalue weighted by molar-refractivity contribution is 0.519. The van der Waals surface area contributed by atoms with Gasteiger partial charge in [-0.1, -0.05) is 18.6 Å². The predicted molar refractivity (Wildman–Crippen MR) is 83.3 cm³/mol. The summed E-state index contributed by atoms with van der Waals surface area (Å²) in [5, 5.41) is 3.55.